The zero-order valence-electron chi connectivity index (χ0n) is 11.0. The summed E-state index contributed by atoms with van der Waals surface area (Å²) in [6, 6.07) is 15.3. The Kier molecular flexibility index (Phi) is 3.65. The van der Waals surface area contributed by atoms with Gasteiger partial charge in [-0.25, -0.2) is 4.39 Å². The molecule has 0 atom stereocenters. The molecule has 3 heteroatoms. The van der Waals surface area contributed by atoms with Gasteiger partial charge in [-0.3, -0.25) is 4.79 Å². The van der Waals surface area contributed by atoms with Crippen molar-refractivity contribution in [3.05, 3.63) is 66.0 Å². The first-order valence-electron chi connectivity index (χ1n) is 6.13. The first-order valence-corrected chi connectivity index (χ1v) is 6.13. The van der Waals surface area contributed by atoms with Gasteiger partial charge in [0.1, 0.15) is 5.82 Å². The van der Waals surface area contributed by atoms with E-state index in [-0.39, 0.29) is 11.7 Å². The number of nitrogens with one attached hydrogen (secondary N) is 1. The topological polar surface area (TPSA) is 29.1 Å². The molecule has 1 amide bonds. The van der Waals surface area contributed by atoms with Gasteiger partial charge in [0.15, 0.2) is 0 Å². The molecule has 2 aromatic carbocycles. The number of carbonyl (C=O) groups excluding carboxylic acids is 1. The number of benzene rings is 2. The molecule has 2 rings (SSSR count). The van der Waals surface area contributed by atoms with Crippen LogP contribution in [0.25, 0.3) is 0 Å². The lowest BCUT2D eigenvalue weighted by atomic mass is 9.83. The number of anilines is 1. The molecule has 0 saturated carbocycles. The van der Waals surface area contributed by atoms with Crippen molar-refractivity contribution in [3.63, 3.8) is 0 Å². The van der Waals surface area contributed by atoms with Crippen LogP contribution in [0.1, 0.15) is 19.4 Å². The van der Waals surface area contributed by atoms with Gasteiger partial charge in [-0.05, 0) is 43.7 Å². The summed E-state index contributed by atoms with van der Waals surface area (Å²) in [5.41, 5.74) is 0.814. The maximum atomic E-state index is 12.9. The monoisotopic (exact) mass is 257 g/mol. The number of halogens is 1. The lowest BCUT2D eigenvalue weighted by Crippen LogP contribution is -2.34. The minimum atomic E-state index is -0.719. The SMILES string of the molecule is CC(C)(C(=O)Nc1ccccc1)c1ccc(F)cc1. The molecule has 0 bridgehead atoms. The summed E-state index contributed by atoms with van der Waals surface area (Å²) in [4.78, 5) is 12.3. The molecule has 1 N–H and O–H groups in total. The van der Waals surface area contributed by atoms with E-state index < -0.39 is 5.41 Å². The van der Waals surface area contributed by atoms with Crippen LogP contribution in [0.15, 0.2) is 54.6 Å². The molecule has 0 aliphatic rings. The standard InChI is InChI=1S/C16H16FNO/c1-16(2,12-8-10-13(17)11-9-12)15(19)18-14-6-4-3-5-7-14/h3-11H,1-2H3,(H,18,19). The van der Waals surface area contributed by atoms with E-state index >= 15 is 0 Å². The molecule has 0 spiro atoms. The number of hydrogen-bond acceptors (Lipinski definition) is 1. The van der Waals surface area contributed by atoms with Gasteiger partial charge in [-0.1, -0.05) is 30.3 Å². The predicted molar refractivity (Wildman–Crippen MR) is 74.5 cm³/mol. The van der Waals surface area contributed by atoms with Gasteiger partial charge in [-0.15, -0.1) is 0 Å². The smallest absolute Gasteiger partial charge is 0.234 e. The van der Waals surface area contributed by atoms with Crippen LogP contribution in [0, 0.1) is 5.82 Å². The molecule has 2 aromatic rings. The fourth-order valence-corrected chi connectivity index (χ4v) is 1.81. The highest BCUT2D eigenvalue weighted by Gasteiger charge is 2.29. The van der Waals surface area contributed by atoms with Crippen molar-refractivity contribution in [1.82, 2.24) is 0 Å². The van der Waals surface area contributed by atoms with Crippen LogP contribution in [0.4, 0.5) is 10.1 Å². The Morgan fingerprint density at radius 2 is 1.58 bits per heavy atom. The van der Waals surface area contributed by atoms with Crippen LogP contribution in [0.3, 0.4) is 0 Å². The van der Waals surface area contributed by atoms with Crippen LogP contribution < -0.4 is 5.32 Å². The van der Waals surface area contributed by atoms with Crippen LogP contribution in [-0.4, -0.2) is 5.91 Å². The molecular weight excluding hydrogens is 241 g/mol. The lowest BCUT2D eigenvalue weighted by molar-refractivity contribution is -0.120. The molecule has 0 heterocycles. The van der Waals surface area contributed by atoms with Crippen LogP contribution in [0.5, 0.6) is 0 Å². The molecular formula is C16H16FNO. The molecule has 2 nitrogen and oxygen atoms in total. The minimum absolute atomic E-state index is 0.120. The highest BCUT2D eigenvalue weighted by Crippen LogP contribution is 2.25. The third kappa shape index (κ3) is 2.99. The number of hydrogen-bond donors (Lipinski definition) is 1. The minimum Gasteiger partial charge on any atom is -0.325 e. The first kappa shape index (κ1) is 13.3. The van der Waals surface area contributed by atoms with Crippen LogP contribution in [-0.2, 0) is 10.2 Å². The highest BCUT2D eigenvalue weighted by molar-refractivity contribution is 5.98. The van der Waals surface area contributed by atoms with Gasteiger partial charge >= 0.3 is 0 Å². The third-order valence-electron chi connectivity index (χ3n) is 3.17. The highest BCUT2D eigenvalue weighted by atomic mass is 19.1. The largest absolute Gasteiger partial charge is 0.325 e. The Balaban J connectivity index is 2.19. The number of amides is 1. The summed E-state index contributed by atoms with van der Waals surface area (Å²) in [6.45, 7) is 3.64. The molecule has 19 heavy (non-hydrogen) atoms. The van der Waals surface area contributed by atoms with Gasteiger partial charge in [0.25, 0.3) is 0 Å². The van der Waals surface area contributed by atoms with Crippen molar-refractivity contribution < 1.29 is 9.18 Å². The van der Waals surface area contributed by atoms with Crippen LogP contribution >= 0.6 is 0 Å². The maximum absolute atomic E-state index is 12.9. The summed E-state index contributed by atoms with van der Waals surface area (Å²) in [5, 5.41) is 2.86. The average Bonchev–Trinajstić information content (AvgIpc) is 2.40. The molecule has 0 radical (unpaired) electrons. The van der Waals surface area contributed by atoms with Gasteiger partial charge in [0.2, 0.25) is 5.91 Å². The molecule has 0 fully saturated rings. The van der Waals surface area contributed by atoms with Crippen molar-refractivity contribution in [2.24, 2.45) is 0 Å². The van der Waals surface area contributed by atoms with Gasteiger partial charge in [-0.2, -0.15) is 0 Å². The molecule has 0 aromatic heterocycles. The predicted octanol–water partition coefficient (Wildman–Crippen LogP) is 3.74. The van der Waals surface area contributed by atoms with E-state index in [1.807, 2.05) is 44.2 Å². The Hall–Kier alpha value is -2.16. The second-order valence-corrected chi connectivity index (χ2v) is 4.95. The Labute approximate surface area is 112 Å². The molecule has 0 aliphatic heterocycles. The summed E-state index contributed by atoms with van der Waals surface area (Å²) >= 11 is 0. The van der Waals surface area contributed by atoms with Crippen molar-refractivity contribution in [3.8, 4) is 0 Å². The quantitative estimate of drug-likeness (QED) is 0.891. The maximum Gasteiger partial charge on any atom is 0.234 e. The van der Waals surface area contributed by atoms with E-state index in [9.17, 15) is 9.18 Å². The zero-order valence-corrected chi connectivity index (χ0v) is 11.0. The molecule has 0 aliphatic carbocycles. The van der Waals surface area contributed by atoms with E-state index in [2.05, 4.69) is 5.32 Å². The van der Waals surface area contributed by atoms with Crippen molar-refractivity contribution in [2.45, 2.75) is 19.3 Å². The summed E-state index contributed by atoms with van der Waals surface area (Å²) in [5.74, 6) is -0.423. The number of para-hydroxylation sites is 1. The van der Waals surface area contributed by atoms with Gasteiger partial charge in [0, 0.05) is 5.69 Å². The zero-order chi connectivity index (χ0) is 13.9. The van der Waals surface area contributed by atoms with Crippen molar-refractivity contribution in [2.75, 3.05) is 5.32 Å². The Morgan fingerprint density at radius 3 is 2.16 bits per heavy atom. The summed E-state index contributed by atoms with van der Waals surface area (Å²) < 4.78 is 12.9. The third-order valence-corrected chi connectivity index (χ3v) is 3.17. The molecule has 0 saturated heterocycles. The number of carbonyl (C=O) groups is 1. The average molecular weight is 257 g/mol. The van der Waals surface area contributed by atoms with Crippen LogP contribution in [0.2, 0.25) is 0 Å². The van der Waals surface area contributed by atoms with Gasteiger partial charge in [0.05, 0.1) is 5.41 Å². The van der Waals surface area contributed by atoms with Crippen molar-refractivity contribution in [1.29, 1.82) is 0 Å². The van der Waals surface area contributed by atoms with E-state index in [0.717, 1.165) is 11.3 Å². The molecule has 98 valence electrons. The van der Waals surface area contributed by atoms with E-state index in [0.29, 0.717) is 0 Å². The van der Waals surface area contributed by atoms with E-state index in [1.54, 1.807) is 12.1 Å². The van der Waals surface area contributed by atoms with Crippen molar-refractivity contribution >= 4 is 11.6 Å². The number of rotatable bonds is 3. The molecule has 0 unspecified atom stereocenters. The summed E-state index contributed by atoms with van der Waals surface area (Å²) in [7, 11) is 0. The fraction of sp³-hybridized carbons (Fsp3) is 0.188. The second kappa shape index (κ2) is 5.22. The lowest BCUT2D eigenvalue weighted by Gasteiger charge is -2.24. The fourth-order valence-electron chi connectivity index (χ4n) is 1.81. The second-order valence-electron chi connectivity index (χ2n) is 4.95. The normalized spacial score (nSPS) is 11.1. The first-order chi connectivity index (χ1) is 9.00. The Bertz CT molecular complexity index is 561. The van der Waals surface area contributed by atoms with E-state index in [4.69, 9.17) is 0 Å². The summed E-state index contributed by atoms with van der Waals surface area (Å²) in [6.07, 6.45) is 0. The Morgan fingerprint density at radius 1 is 1.00 bits per heavy atom. The van der Waals surface area contributed by atoms with E-state index in [1.165, 1.54) is 12.1 Å². The van der Waals surface area contributed by atoms with Gasteiger partial charge < -0.3 is 5.32 Å².